The fraction of sp³-hybridized carbons (Fsp3) is 0.292. The van der Waals surface area contributed by atoms with Gasteiger partial charge in [0.25, 0.3) is 5.91 Å². The van der Waals surface area contributed by atoms with E-state index in [2.05, 4.69) is 9.84 Å². The average Bonchev–Trinajstić information content (AvgIpc) is 3.43. The lowest BCUT2D eigenvalue weighted by Crippen LogP contribution is -2.26. The molecule has 4 aromatic rings. The topological polar surface area (TPSA) is 69.5 Å². The lowest BCUT2D eigenvalue weighted by atomic mass is 10.1. The number of nitrogens with zero attached hydrogens (tertiary/aromatic N) is 4. The molecule has 0 bridgehead atoms. The van der Waals surface area contributed by atoms with Crippen LogP contribution in [0, 0.1) is 6.92 Å². The van der Waals surface area contributed by atoms with Gasteiger partial charge in [-0.05, 0) is 49.1 Å². The molecule has 1 amide bonds. The van der Waals surface area contributed by atoms with Gasteiger partial charge in [0, 0.05) is 20.6 Å². The van der Waals surface area contributed by atoms with Gasteiger partial charge in [-0.3, -0.25) is 9.48 Å². The molecule has 0 unspecified atom stereocenters. The summed E-state index contributed by atoms with van der Waals surface area (Å²) in [5.74, 6) is -0.0419. The molecule has 34 heavy (non-hydrogen) atoms. The Morgan fingerprint density at radius 3 is 2.71 bits per heavy atom. The normalized spacial score (nSPS) is 11.3. The summed E-state index contributed by atoms with van der Waals surface area (Å²) in [5, 5.41) is 7.12. The third-order valence-corrected chi connectivity index (χ3v) is 6.16. The van der Waals surface area contributed by atoms with Crippen molar-refractivity contribution in [1.82, 2.24) is 19.7 Å². The van der Waals surface area contributed by atoms with Gasteiger partial charge in [0.05, 0.1) is 33.8 Å². The zero-order valence-corrected chi connectivity index (χ0v) is 20.0. The third kappa shape index (κ3) is 4.72. The molecule has 1 aromatic carbocycles. The summed E-state index contributed by atoms with van der Waals surface area (Å²) >= 11 is 1.54. The Bertz CT molecular complexity index is 1320. The predicted octanol–water partition coefficient (Wildman–Crippen LogP) is 5.28. The molecule has 0 atom stereocenters. The van der Waals surface area contributed by atoms with Gasteiger partial charge in [0.2, 0.25) is 0 Å². The Hall–Kier alpha value is -3.53. The first kappa shape index (κ1) is 23.6. The maximum atomic E-state index is 13.6. The minimum Gasteiger partial charge on any atom is -0.490 e. The van der Waals surface area contributed by atoms with Crippen LogP contribution in [0.5, 0.6) is 11.5 Å². The average molecular weight is 487 g/mol. The fourth-order valence-corrected chi connectivity index (χ4v) is 4.51. The Balaban J connectivity index is 1.68. The standard InChI is InChI=1S/C24H24F2N4O3S/c1-5-32-19-11-15(8-9-18(19)33-24(25)26)13-29(3)23(31)16-12-17(20-7-6-10-34-20)27-22-21(16)14(2)28-30(22)4/h6-12,24H,5,13H2,1-4H3. The number of hydrogen-bond donors (Lipinski definition) is 0. The monoisotopic (exact) mass is 486 g/mol. The molecule has 0 aliphatic heterocycles. The molecule has 0 N–H and O–H groups in total. The van der Waals surface area contributed by atoms with Crippen LogP contribution >= 0.6 is 11.3 Å². The predicted molar refractivity (Wildman–Crippen MR) is 127 cm³/mol. The lowest BCUT2D eigenvalue weighted by Gasteiger charge is -2.20. The maximum Gasteiger partial charge on any atom is 0.387 e. The van der Waals surface area contributed by atoms with Crippen molar-refractivity contribution in [2.24, 2.45) is 7.05 Å². The molecule has 178 valence electrons. The van der Waals surface area contributed by atoms with Crippen molar-refractivity contribution in [3.63, 3.8) is 0 Å². The van der Waals surface area contributed by atoms with Crippen LogP contribution in [-0.2, 0) is 13.6 Å². The zero-order chi connectivity index (χ0) is 24.4. The quantitative estimate of drug-likeness (QED) is 0.339. The number of fused-ring (bicyclic) bond motifs is 1. The van der Waals surface area contributed by atoms with E-state index in [1.165, 1.54) is 6.07 Å². The summed E-state index contributed by atoms with van der Waals surface area (Å²) in [5.41, 5.74) is 3.27. The highest BCUT2D eigenvalue weighted by Crippen LogP contribution is 2.32. The molecule has 3 aromatic heterocycles. The third-order valence-electron chi connectivity index (χ3n) is 5.26. The highest BCUT2D eigenvalue weighted by Gasteiger charge is 2.22. The highest BCUT2D eigenvalue weighted by atomic mass is 32.1. The van der Waals surface area contributed by atoms with E-state index in [1.54, 1.807) is 60.1 Å². The molecule has 0 aliphatic rings. The number of thiophene rings is 1. The van der Waals surface area contributed by atoms with Crippen molar-refractivity contribution < 1.29 is 23.0 Å². The smallest absolute Gasteiger partial charge is 0.387 e. The molecule has 0 radical (unpaired) electrons. The van der Waals surface area contributed by atoms with E-state index in [0.717, 1.165) is 4.88 Å². The minimum atomic E-state index is -2.95. The van der Waals surface area contributed by atoms with Gasteiger partial charge in [0.1, 0.15) is 0 Å². The molecule has 7 nitrogen and oxygen atoms in total. The van der Waals surface area contributed by atoms with Gasteiger partial charge < -0.3 is 14.4 Å². The molecule has 4 rings (SSSR count). The molecule has 0 spiro atoms. The number of benzene rings is 1. The van der Waals surface area contributed by atoms with Crippen LogP contribution in [0.1, 0.15) is 28.5 Å². The SMILES string of the molecule is CCOc1cc(CN(C)C(=O)c2cc(-c3cccs3)nc3c2c(C)nn3C)ccc1OC(F)F. The van der Waals surface area contributed by atoms with E-state index in [9.17, 15) is 13.6 Å². The fourth-order valence-electron chi connectivity index (χ4n) is 3.83. The number of ether oxygens (including phenoxy) is 2. The molecule has 0 saturated carbocycles. The Kier molecular flexibility index (Phi) is 6.78. The van der Waals surface area contributed by atoms with Crippen molar-refractivity contribution in [3.8, 4) is 22.1 Å². The first-order valence-electron chi connectivity index (χ1n) is 10.6. The van der Waals surface area contributed by atoms with Crippen molar-refractivity contribution >= 4 is 28.3 Å². The number of carbonyl (C=O) groups excluding carboxylic acids is 1. The van der Waals surface area contributed by atoms with Gasteiger partial charge in [-0.25, -0.2) is 4.98 Å². The van der Waals surface area contributed by atoms with E-state index in [4.69, 9.17) is 9.72 Å². The van der Waals surface area contributed by atoms with Gasteiger partial charge in [-0.15, -0.1) is 11.3 Å². The van der Waals surface area contributed by atoms with Crippen LogP contribution in [0.3, 0.4) is 0 Å². The molecule has 10 heteroatoms. The number of alkyl halides is 2. The van der Waals surface area contributed by atoms with Crippen LogP contribution < -0.4 is 9.47 Å². The molecule has 3 heterocycles. The maximum absolute atomic E-state index is 13.6. The van der Waals surface area contributed by atoms with E-state index in [1.807, 2.05) is 24.4 Å². The number of aryl methyl sites for hydroxylation is 2. The number of aromatic nitrogens is 3. The Morgan fingerprint density at radius 2 is 2.03 bits per heavy atom. The van der Waals surface area contributed by atoms with Crippen molar-refractivity contribution in [3.05, 3.63) is 58.6 Å². The zero-order valence-electron chi connectivity index (χ0n) is 19.2. The second-order valence-electron chi connectivity index (χ2n) is 7.69. The number of pyridine rings is 1. The summed E-state index contributed by atoms with van der Waals surface area (Å²) in [6, 6.07) is 10.4. The van der Waals surface area contributed by atoms with Crippen LogP contribution in [0.15, 0.2) is 41.8 Å². The van der Waals surface area contributed by atoms with E-state index >= 15 is 0 Å². The van der Waals surface area contributed by atoms with Gasteiger partial charge in [-0.2, -0.15) is 13.9 Å². The number of halogens is 2. The van der Waals surface area contributed by atoms with Crippen molar-refractivity contribution in [2.75, 3.05) is 13.7 Å². The van der Waals surface area contributed by atoms with E-state index in [-0.39, 0.29) is 24.0 Å². The molecule has 0 fully saturated rings. The lowest BCUT2D eigenvalue weighted by molar-refractivity contribution is -0.0514. The summed E-state index contributed by atoms with van der Waals surface area (Å²) < 4.78 is 37.1. The summed E-state index contributed by atoms with van der Waals surface area (Å²) in [6.07, 6.45) is 0. The number of amides is 1. The molecule has 0 saturated heterocycles. The van der Waals surface area contributed by atoms with E-state index in [0.29, 0.717) is 40.2 Å². The summed E-state index contributed by atoms with van der Waals surface area (Å²) in [7, 11) is 3.49. The molecular formula is C24H24F2N4O3S. The Morgan fingerprint density at radius 1 is 1.24 bits per heavy atom. The van der Waals surface area contributed by atoms with Crippen LogP contribution in [0.25, 0.3) is 21.6 Å². The van der Waals surface area contributed by atoms with Crippen LogP contribution in [-0.4, -0.2) is 45.8 Å². The first-order valence-corrected chi connectivity index (χ1v) is 11.5. The van der Waals surface area contributed by atoms with Gasteiger partial charge in [0.15, 0.2) is 17.1 Å². The van der Waals surface area contributed by atoms with Gasteiger partial charge >= 0.3 is 6.61 Å². The summed E-state index contributed by atoms with van der Waals surface area (Å²) in [6.45, 7) is 1.18. The van der Waals surface area contributed by atoms with Crippen LogP contribution in [0.2, 0.25) is 0 Å². The second-order valence-corrected chi connectivity index (χ2v) is 8.64. The van der Waals surface area contributed by atoms with E-state index < -0.39 is 6.61 Å². The Labute approximate surface area is 199 Å². The largest absolute Gasteiger partial charge is 0.490 e. The second kappa shape index (κ2) is 9.76. The molecular weight excluding hydrogens is 462 g/mol. The number of hydrogen-bond acceptors (Lipinski definition) is 6. The van der Waals surface area contributed by atoms with Crippen molar-refractivity contribution in [1.29, 1.82) is 0 Å². The summed E-state index contributed by atoms with van der Waals surface area (Å²) in [4.78, 5) is 20.8. The highest BCUT2D eigenvalue weighted by molar-refractivity contribution is 7.13. The van der Waals surface area contributed by atoms with Gasteiger partial charge in [-0.1, -0.05) is 12.1 Å². The van der Waals surface area contributed by atoms with Crippen molar-refractivity contribution in [2.45, 2.75) is 27.0 Å². The first-order chi connectivity index (χ1) is 16.3. The number of rotatable bonds is 8. The molecule has 0 aliphatic carbocycles. The van der Waals surface area contributed by atoms with Crippen LogP contribution in [0.4, 0.5) is 8.78 Å². The minimum absolute atomic E-state index is 0.0444. The number of carbonyl (C=O) groups is 1.